The molecule has 0 aliphatic carbocycles. The van der Waals surface area contributed by atoms with E-state index in [0.29, 0.717) is 5.92 Å². The summed E-state index contributed by atoms with van der Waals surface area (Å²) < 4.78 is 0. The molecule has 4 rings (SSSR count). The lowest BCUT2D eigenvalue weighted by Gasteiger charge is -2.29. The summed E-state index contributed by atoms with van der Waals surface area (Å²) in [5, 5.41) is 15.7. The zero-order valence-electron chi connectivity index (χ0n) is 12.1. The van der Waals surface area contributed by atoms with Crippen molar-refractivity contribution in [1.29, 1.82) is 0 Å². The normalized spacial score (nSPS) is 14.7. The van der Waals surface area contributed by atoms with Gasteiger partial charge in [0.15, 0.2) is 0 Å². The van der Waals surface area contributed by atoms with E-state index in [1.807, 2.05) is 18.6 Å². The van der Waals surface area contributed by atoms with Gasteiger partial charge in [0.05, 0.1) is 6.20 Å². The number of rotatable bonds is 4. The van der Waals surface area contributed by atoms with Gasteiger partial charge in [0.1, 0.15) is 5.82 Å². The van der Waals surface area contributed by atoms with Gasteiger partial charge in [0.2, 0.25) is 0 Å². The topological polar surface area (TPSA) is 65.6 Å². The van der Waals surface area contributed by atoms with Crippen LogP contribution in [0, 0.1) is 5.92 Å². The van der Waals surface area contributed by atoms with Crippen LogP contribution in [0.25, 0.3) is 21.9 Å². The molecule has 110 valence electrons. The van der Waals surface area contributed by atoms with Crippen LogP contribution in [0.3, 0.4) is 0 Å². The number of nitrogens with zero attached hydrogens (tertiary/aromatic N) is 2. The number of aromatic nitrogens is 3. The fraction of sp³-hybridized carbons (Fsp3) is 0.176. The summed E-state index contributed by atoms with van der Waals surface area (Å²) in [4.78, 5) is 4.47. The van der Waals surface area contributed by atoms with Crippen LogP contribution in [0.15, 0.2) is 55.1 Å². The first kappa shape index (κ1) is 13.0. The van der Waals surface area contributed by atoms with E-state index in [4.69, 9.17) is 0 Å². The highest BCUT2D eigenvalue weighted by molar-refractivity contribution is 5.88. The molecule has 1 saturated heterocycles. The minimum absolute atomic E-state index is 0.495. The first-order valence-corrected chi connectivity index (χ1v) is 7.35. The van der Waals surface area contributed by atoms with E-state index < -0.39 is 0 Å². The SMILES string of the molecule is C=C(Nc1cc2cc(-c3cn[nH]c3)ccc2cn1)C1CNC1. The van der Waals surface area contributed by atoms with Gasteiger partial charge in [-0.2, -0.15) is 5.10 Å². The van der Waals surface area contributed by atoms with Crippen molar-refractivity contribution in [2.24, 2.45) is 5.92 Å². The molecule has 0 atom stereocenters. The summed E-state index contributed by atoms with van der Waals surface area (Å²) in [7, 11) is 0. The second-order valence-corrected chi connectivity index (χ2v) is 5.62. The number of H-pyrrole nitrogens is 1. The van der Waals surface area contributed by atoms with E-state index in [9.17, 15) is 0 Å². The predicted octanol–water partition coefficient (Wildman–Crippen LogP) is 2.77. The molecule has 0 unspecified atom stereocenters. The first-order valence-electron chi connectivity index (χ1n) is 7.35. The summed E-state index contributed by atoms with van der Waals surface area (Å²) in [6.07, 6.45) is 5.61. The molecule has 2 aromatic heterocycles. The summed E-state index contributed by atoms with van der Waals surface area (Å²) >= 11 is 0. The molecule has 5 heteroatoms. The van der Waals surface area contributed by atoms with E-state index in [2.05, 4.69) is 56.7 Å². The van der Waals surface area contributed by atoms with Gasteiger partial charge in [-0.15, -0.1) is 0 Å². The molecule has 1 aliphatic heterocycles. The Morgan fingerprint density at radius 2 is 2.05 bits per heavy atom. The zero-order chi connectivity index (χ0) is 14.9. The van der Waals surface area contributed by atoms with Gasteiger partial charge in [-0.3, -0.25) is 5.10 Å². The molecule has 3 N–H and O–H groups in total. The van der Waals surface area contributed by atoms with E-state index in [1.54, 1.807) is 0 Å². The number of hydrogen-bond acceptors (Lipinski definition) is 4. The van der Waals surface area contributed by atoms with Crippen molar-refractivity contribution in [2.45, 2.75) is 0 Å². The van der Waals surface area contributed by atoms with Gasteiger partial charge >= 0.3 is 0 Å². The first-order chi connectivity index (χ1) is 10.8. The van der Waals surface area contributed by atoms with Crippen LogP contribution >= 0.6 is 0 Å². The number of fused-ring (bicyclic) bond motifs is 1. The van der Waals surface area contributed by atoms with Crippen molar-refractivity contribution >= 4 is 16.6 Å². The smallest absolute Gasteiger partial charge is 0.130 e. The number of benzene rings is 1. The third-order valence-corrected chi connectivity index (χ3v) is 4.12. The molecule has 1 aromatic carbocycles. The molecule has 0 spiro atoms. The van der Waals surface area contributed by atoms with Gasteiger partial charge in [-0.05, 0) is 23.1 Å². The maximum atomic E-state index is 4.47. The Morgan fingerprint density at radius 3 is 2.77 bits per heavy atom. The number of aromatic amines is 1. The maximum absolute atomic E-state index is 4.47. The summed E-state index contributed by atoms with van der Waals surface area (Å²) in [5.41, 5.74) is 3.25. The molecule has 3 aromatic rings. The van der Waals surface area contributed by atoms with E-state index in [1.165, 1.54) is 0 Å². The average Bonchev–Trinajstić information content (AvgIpc) is 2.98. The standard InChI is InChI=1S/C17H17N5/c1-11(15-6-18-7-15)22-17-5-14-4-12(16-9-20-21-10-16)2-3-13(14)8-19-17/h2-5,8-10,15,18H,1,6-7H2,(H,19,22)(H,20,21). The van der Waals surface area contributed by atoms with Gasteiger partial charge in [-0.25, -0.2) is 4.98 Å². The van der Waals surface area contributed by atoms with Crippen molar-refractivity contribution in [1.82, 2.24) is 20.5 Å². The minimum atomic E-state index is 0.495. The van der Waals surface area contributed by atoms with E-state index in [0.717, 1.165) is 46.5 Å². The lowest BCUT2D eigenvalue weighted by Crippen LogP contribution is -2.44. The molecular weight excluding hydrogens is 274 g/mol. The minimum Gasteiger partial charge on any atom is -0.344 e. The van der Waals surface area contributed by atoms with Crippen LogP contribution in [0.5, 0.6) is 0 Å². The van der Waals surface area contributed by atoms with Crippen LogP contribution in [0.1, 0.15) is 0 Å². The fourth-order valence-corrected chi connectivity index (χ4v) is 2.60. The lowest BCUT2D eigenvalue weighted by molar-refractivity contribution is 0.402. The zero-order valence-corrected chi connectivity index (χ0v) is 12.1. The van der Waals surface area contributed by atoms with Gasteiger partial charge in [0, 0.05) is 48.0 Å². The Hall–Kier alpha value is -2.66. The lowest BCUT2D eigenvalue weighted by atomic mass is 10.00. The molecule has 22 heavy (non-hydrogen) atoms. The highest BCUT2D eigenvalue weighted by Gasteiger charge is 2.20. The molecule has 0 bridgehead atoms. The van der Waals surface area contributed by atoms with Crippen LogP contribution in [0.2, 0.25) is 0 Å². The molecule has 1 fully saturated rings. The van der Waals surface area contributed by atoms with Crippen molar-refractivity contribution in [3.05, 3.63) is 55.1 Å². The fourth-order valence-electron chi connectivity index (χ4n) is 2.60. The predicted molar refractivity (Wildman–Crippen MR) is 88.4 cm³/mol. The highest BCUT2D eigenvalue weighted by Crippen LogP contribution is 2.25. The highest BCUT2D eigenvalue weighted by atomic mass is 15.1. The average molecular weight is 291 g/mol. The third kappa shape index (κ3) is 2.35. The number of hydrogen-bond donors (Lipinski definition) is 3. The van der Waals surface area contributed by atoms with Crippen LogP contribution in [-0.2, 0) is 0 Å². The Labute approximate surface area is 128 Å². The molecular formula is C17H17N5. The van der Waals surface area contributed by atoms with Gasteiger partial charge in [-0.1, -0.05) is 18.7 Å². The second-order valence-electron chi connectivity index (χ2n) is 5.62. The number of anilines is 1. The Bertz CT molecular complexity index is 818. The maximum Gasteiger partial charge on any atom is 0.130 e. The van der Waals surface area contributed by atoms with Crippen LogP contribution < -0.4 is 10.6 Å². The second kappa shape index (κ2) is 5.27. The van der Waals surface area contributed by atoms with Crippen molar-refractivity contribution in [3.63, 3.8) is 0 Å². The number of nitrogens with one attached hydrogen (secondary N) is 3. The van der Waals surface area contributed by atoms with E-state index >= 15 is 0 Å². The third-order valence-electron chi connectivity index (χ3n) is 4.12. The summed E-state index contributed by atoms with van der Waals surface area (Å²) in [6, 6.07) is 8.39. The largest absolute Gasteiger partial charge is 0.344 e. The monoisotopic (exact) mass is 291 g/mol. The van der Waals surface area contributed by atoms with Crippen LogP contribution in [0.4, 0.5) is 5.82 Å². The molecule has 3 heterocycles. The Balaban J connectivity index is 1.65. The van der Waals surface area contributed by atoms with Gasteiger partial charge < -0.3 is 10.6 Å². The van der Waals surface area contributed by atoms with Crippen LogP contribution in [-0.4, -0.2) is 28.3 Å². The van der Waals surface area contributed by atoms with Gasteiger partial charge in [0.25, 0.3) is 0 Å². The summed E-state index contributed by atoms with van der Waals surface area (Å²) in [6.45, 7) is 6.09. The molecule has 0 radical (unpaired) electrons. The molecule has 0 saturated carbocycles. The van der Waals surface area contributed by atoms with Crippen molar-refractivity contribution < 1.29 is 0 Å². The van der Waals surface area contributed by atoms with Crippen molar-refractivity contribution in [3.8, 4) is 11.1 Å². The Kier molecular flexibility index (Phi) is 3.12. The van der Waals surface area contributed by atoms with Crippen molar-refractivity contribution in [2.75, 3.05) is 18.4 Å². The van der Waals surface area contributed by atoms with E-state index in [-0.39, 0.29) is 0 Å². The molecule has 1 aliphatic rings. The number of pyridine rings is 1. The summed E-state index contributed by atoms with van der Waals surface area (Å²) in [5.74, 6) is 1.34. The molecule has 0 amide bonds. The molecule has 5 nitrogen and oxygen atoms in total. The quantitative estimate of drug-likeness (QED) is 0.691. The Morgan fingerprint density at radius 1 is 1.14 bits per heavy atom.